The number of rotatable bonds is 5. The number of aromatic nitrogens is 1. The smallest absolute Gasteiger partial charge is 0.275 e. The number of nitro benzene ring substituents is 1. The second-order valence-electron chi connectivity index (χ2n) is 6.92. The molecule has 6 nitrogen and oxygen atoms in total. The van der Waals surface area contributed by atoms with Crippen LogP contribution in [0.2, 0.25) is 0 Å². The summed E-state index contributed by atoms with van der Waals surface area (Å²) < 4.78 is 5.88. The van der Waals surface area contributed by atoms with E-state index in [1.807, 2.05) is 18.2 Å². The quantitative estimate of drug-likeness (QED) is 0.495. The maximum absolute atomic E-state index is 11.4. The lowest BCUT2D eigenvalue weighted by atomic mass is 10.1. The molecule has 1 fully saturated rings. The summed E-state index contributed by atoms with van der Waals surface area (Å²) >= 11 is 1.55. The lowest BCUT2D eigenvalue weighted by Crippen LogP contribution is -2.47. The van der Waals surface area contributed by atoms with E-state index in [9.17, 15) is 10.1 Å². The predicted molar refractivity (Wildman–Crippen MR) is 110 cm³/mol. The summed E-state index contributed by atoms with van der Waals surface area (Å²) in [5.74, 6) is 1.09. The van der Waals surface area contributed by atoms with Crippen LogP contribution in [-0.2, 0) is 6.42 Å². The average Bonchev–Trinajstić information content (AvgIpc) is 3.10. The van der Waals surface area contributed by atoms with Crippen molar-refractivity contribution in [1.82, 2.24) is 9.27 Å². The number of para-hydroxylation sites is 1. The summed E-state index contributed by atoms with van der Waals surface area (Å²) in [6.45, 7) is 6.42. The van der Waals surface area contributed by atoms with E-state index in [4.69, 9.17) is 0 Å². The lowest BCUT2D eigenvalue weighted by molar-refractivity contribution is -0.386. The summed E-state index contributed by atoms with van der Waals surface area (Å²) in [7, 11) is 0. The van der Waals surface area contributed by atoms with Gasteiger partial charge in [-0.2, -0.15) is 4.37 Å². The molecule has 27 heavy (non-hydrogen) atoms. The molecule has 0 N–H and O–H groups in total. The number of hydrogen-bond donors (Lipinski definition) is 0. The highest BCUT2D eigenvalue weighted by atomic mass is 32.1. The van der Waals surface area contributed by atoms with Crippen LogP contribution in [0.1, 0.15) is 11.1 Å². The maximum atomic E-state index is 11.4. The Morgan fingerprint density at radius 3 is 2.67 bits per heavy atom. The molecule has 2 aromatic carbocycles. The van der Waals surface area contributed by atoms with Crippen LogP contribution >= 0.6 is 11.5 Å². The monoisotopic (exact) mass is 382 g/mol. The average molecular weight is 382 g/mol. The van der Waals surface area contributed by atoms with Crippen molar-refractivity contribution in [2.45, 2.75) is 13.3 Å². The van der Waals surface area contributed by atoms with Crippen molar-refractivity contribution in [3.8, 4) is 0 Å². The van der Waals surface area contributed by atoms with Crippen LogP contribution in [0, 0.1) is 17.0 Å². The Hall–Kier alpha value is -2.51. The summed E-state index contributed by atoms with van der Waals surface area (Å²) in [6.07, 6.45) is 0.706. The second kappa shape index (κ2) is 7.62. The van der Waals surface area contributed by atoms with Crippen molar-refractivity contribution < 1.29 is 4.92 Å². The van der Waals surface area contributed by atoms with Crippen molar-refractivity contribution in [1.29, 1.82) is 0 Å². The molecular weight excluding hydrogens is 360 g/mol. The molecule has 0 aliphatic carbocycles. The Bertz CT molecular complexity index is 964. The van der Waals surface area contributed by atoms with Gasteiger partial charge in [0.25, 0.3) is 5.69 Å². The summed E-state index contributed by atoms with van der Waals surface area (Å²) in [4.78, 5) is 15.8. The Kier molecular flexibility index (Phi) is 5.05. The van der Waals surface area contributed by atoms with Crippen molar-refractivity contribution in [2.24, 2.45) is 0 Å². The van der Waals surface area contributed by atoms with Gasteiger partial charge in [-0.3, -0.25) is 15.0 Å². The SMILES string of the molecule is Cc1cccc(CCN2CCN(c3nsc4ccccc34)CC2)c1[N+](=O)[O-]. The molecule has 3 aromatic rings. The highest BCUT2D eigenvalue weighted by molar-refractivity contribution is 7.13. The fourth-order valence-corrected chi connectivity index (χ4v) is 4.54. The Balaban J connectivity index is 1.38. The Labute approximate surface area is 162 Å². The zero-order valence-electron chi connectivity index (χ0n) is 15.3. The predicted octanol–water partition coefficient (Wildman–Crippen LogP) is 3.88. The van der Waals surface area contributed by atoms with Crippen LogP contribution < -0.4 is 4.90 Å². The molecule has 4 rings (SSSR count). The number of nitrogens with zero attached hydrogens (tertiary/aromatic N) is 4. The molecule has 0 radical (unpaired) electrons. The van der Waals surface area contributed by atoms with E-state index >= 15 is 0 Å². The van der Waals surface area contributed by atoms with Crippen LogP contribution in [0.3, 0.4) is 0 Å². The minimum atomic E-state index is -0.254. The van der Waals surface area contributed by atoms with Crippen molar-refractivity contribution in [2.75, 3.05) is 37.6 Å². The van der Waals surface area contributed by atoms with Gasteiger partial charge in [0.15, 0.2) is 0 Å². The first-order valence-corrected chi connectivity index (χ1v) is 9.95. The molecule has 2 heterocycles. The molecule has 1 saturated heterocycles. The van der Waals surface area contributed by atoms with E-state index in [1.165, 1.54) is 10.1 Å². The number of benzene rings is 2. The summed E-state index contributed by atoms with van der Waals surface area (Å²) in [5, 5.41) is 12.6. The normalized spacial score (nSPS) is 15.4. The molecule has 0 atom stereocenters. The molecule has 1 aliphatic heterocycles. The van der Waals surface area contributed by atoms with E-state index in [-0.39, 0.29) is 10.6 Å². The zero-order valence-corrected chi connectivity index (χ0v) is 16.1. The Morgan fingerprint density at radius 1 is 1.11 bits per heavy atom. The van der Waals surface area contributed by atoms with E-state index in [2.05, 4.69) is 32.4 Å². The number of aryl methyl sites for hydroxylation is 1. The molecule has 0 amide bonds. The first-order valence-electron chi connectivity index (χ1n) is 9.18. The number of fused-ring (bicyclic) bond motifs is 1. The van der Waals surface area contributed by atoms with Gasteiger partial charge in [-0.25, -0.2) is 0 Å². The fourth-order valence-electron chi connectivity index (χ4n) is 3.75. The largest absolute Gasteiger partial charge is 0.353 e. The van der Waals surface area contributed by atoms with Crippen LogP contribution in [0.15, 0.2) is 42.5 Å². The molecule has 1 aliphatic rings. The summed E-state index contributed by atoms with van der Waals surface area (Å²) in [6, 6.07) is 13.9. The van der Waals surface area contributed by atoms with E-state index < -0.39 is 0 Å². The molecule has 0 spiro atoms. The topological polar surface area (TPSA) is 62.5 Å². The number of nitro groups is 1. The van der Waals surface area contributed by atoms with Gasteiger partial charge in [0.2, 0.25) is 0 Å². The first-order chi connectivity index (χ1) is 13.1. The molecule has 0 bridgehead atoms. The van der Waals surface area contributed by atoms with Crippen molar-refractivity contribution in [3.05, 3.63) is 63.7 Å². The third-order valence-corrected chi connectivity index (χ3v) is 6.05. The fraction of sp³-hybridized carbons (Fsp3) is 0.350. The van der Waals surface area contributed by atoms with Crippen molar-refractivity contribution >= 4 is 33.1 Å². The van der Waals surface area contributed by atoms with Gasteiger partial charge in [-0.15, -0.1) is 0 Å². The molecule has 140 valence electrons. The van der Waals surface area contributed by atoms with Crippen molar-refractivity contribution in [3.63, 3.8) is 0 Å². The van der Waals surface area contributed by atoms with Crippen LogP contribution in [0.25, 0.3) is 10.1 Å². The number of anilines is 1. The standard InChI is InChI=1S/C20H22N4O2S/c1-15-5-4-6-16(19(15)24(25)26)9-10-22-11-13-23(14-12-22)20-17-7-2-3-8-18(17)27-21-20/h2-8H,9-14H2,1H3. The summed E-state index contributed by atoms with van der Waals surface area (Å²) in [5.41, 5.74) is 1.83. The van der Waals surface area contributed by atoms with Gasteiger partial charge in [-0.1, -0.05) is 30.3 Å². The van der Waals surface area contributed by atoms with Crippen LogP contribution in [0.4, 0.5) is 11.5 Å². The van der Waals surface area contributed by atoms with Gasteiger partial charge in [0.05, 0.1) is 9.62 Å². The minimum Gasteiger partial charge on any atom is -0.353 e. The highest BCUT2D eigenvalue weighted by Gasteiger charge is 2.22. The first kappa shape index (κ1) is 17.9. The van der Waals surface area contributed by atoms with Gasteiger partial charge in [0, 0.05) is 49.2 Å². The third kappa shape index (κ3) is 3.65. The minimum absolute atomic E-state index is 0.254. The Morgan fingerprint density at radius 2 is 1.89 bits per heavy atom. The zero-order chi connectivity index (χ0) is 18.8. The highest BCUT2D eigenvalue weighted by Crippen LogP contribution is 2.30. The van der Waals surface area contributed by atoms with Crippen LogP contribution in [0.5, 0.6) is 0 Å². The molecule has 0 saturated carbocycles. The molecular formula is C20H22N4O2S. The molecule has 7 heteroatoms. The van der Waals surface area contributed by atoms with Crippen LogP contribution in [-0.4, -0.2) is 46.9 Å². The molecule has 1 aromatic heterocycles. The number of hydrogen-bond acceptors (Lipinski definition) is 6. The van der Waals surface area contributed by atoms with Gasteiger partial charge >= 0.3 is 0 Å². The molecule has 0 unspecified atom stereocenters. The third-order valence-electron chi connectivity index (χ3n) is 5.23. The van der Waals surface area contributed by atoms with E-state index in [0.717, 1.165) is 49.7 Å². The van der Waals surface area contributed by atoms with E-state index in [1.54, 1.807) is 24.5 Å². The van der Waals surface area contributed by atoms with Gasteiger partial charge in [-0.05, 0) is 37.0 Å². The maximum Gasteiger partial charge on any atom is 0.275 e. The number of piperazine rings is 1. The van der Waals surface area contributed by atoms with Gasteiger partial charge in [0.1, 0.15) is 5.82 Å². The second-order valence-corrected chi connectivity index (χ2v) is 7.73. The van der Waals surface area contributed by atoms with Gasteiger partial charge < -0.3 is 4.90 Å². The van der Waals surface area contributed by atoms with E-state index in [0.29, 0.717) is 6.42 Å². The lowest BCUT2D eigenvalue weighted by Gasteiger charge is -2.35.